The lowest BCUT2D eigenvalue weighted by Gasteiger charge is -2.16. The molecule has 5 N–H and O–H groups in total. The number of carbonyl (C=O) groups excluding carboxylic acids is 1. The van der Waals surface area contributed by atoms with Gasteiger partial charge in [-0.2, -0.15) is 4.98 Å². The first kappa shape index (κ1) is 22.7. The zero-order valence-electron chi connectivity index (χ0n) is 17.6. The van der Waals surface area contributed by atoms with Gasteiger partial charge in [-0.25, -0.2) is 9.37 Å². The van der Waals surface area contributed by atoms with Gasteiger partial charge in [0.15, 0.2) is 18.2 Å². The van der Waals surface area contributed by atoms with E-state index in [1.165, 1.54) is 7.05 Å². The lowest BCUT2D eigenvalue weighted by molar-refractivity contribution is -0.122. The molecule has 1 heterocycles. The number of carbonyl (C=O) groups is 1. The fourth-order valence-corrected chi connectivity index (χ4v) is 2.70. The average Bonchev–Trinajstić information content (AvgIpc) is 2.76. The molecule has 0 atom stereocenters. The second kappa shape index (κ2) is 10.9. The van der Waals surface area contributed by atoms with E-state index in [0.29, 0.717) is 29.4 Å². The molecule has 3 rings (SSSR count). The molecule has 0 bridgehead atoms. The van der Waals surface area contributed by atoms with Gasteiger partial charge < -0.3 is 20.7 Å². The van der Waals surface area contributed by atoms with Gasteiger partial charge in [-0.1, -0.05) is 18.2 Å². The molecule has 10 nitrogen and oxygen atoms in total. The Morgan fingerprint density at radius 3 is 2.69 bits per heavy atom. The molecular formula is C21H24FN7O3. The zero-order chi connectivity index (χ0) is 22.9. The molecule has 0 aliphatic carbocycles. The number of nitrogens with zero attached hydrogens (tertiary/aromatic N) is 3. The third-order valence-electron chi connectivity index (χ3n) is 4.04. The summed E-state index contributed by atoms with van der Waals surface area (Å²) in [6, 6.07) is 13.8. The van der Waals surface area contributed by atoms with Crippen molar-refractivity contribution in [1.29, 1.82) is 0 Å². The molecular weight excluding hydrogens is 417 g/mol. The maximum Gasteiger partial charge on any atom is 0.257 e. The second-order valence-electron chi connectivity index (χ2n) is 6.59. The van der Waals surface area contributed by atoms with Gasteiger partial charge in [-0.15, -0.1) is 5.17 Å². The smallest absolute Gasteiger partial charge is 0.257 e. The third kappa shape index (κ3) is 6.52. The molecule has 0 unspecified atom stereocenters. The van der Waals surface area contributed by atoms with Gasteiger partial charge in [0.2, 0.25) is 5.95 Å². The normalized spacial score (nSPS) is 10.5. The number of hydroxylamine groups is 1. The highest BCUT2D eigenvalue weighted by Crippen LogP contribution is 2.27. The number of hydrogen-bond acceptors (Lipinski definition) is 9. The highest BCUT2D eigenvalue weighted by Gasteiger charge is 2.11. The Bertz CT molecular complexity index is 1070. The summed E-state index contributed by atoms with van der Waals surface area (Å²) in [5, 5.41) is 18.7. The van der Waals surface area contributed by atoms with Crippen molar-refractivity contribution in [2.24, 2.45) is 0 Å². The van der Waals surface area contributed by atoms with Crippen molar-refractivity contribution in [1.82, 2.24) is 20.5 Å². The van der Waals surface area contributed by atoms with Gasteiger partial charge >= 0.3 is 0 Å². The molecule has 11 heteroatoms. The number of rotatable bonds is 10. The van der Waals surface area contributed by atoms with Crippen LogP contribution in [0.2, 0.25) is 0 Å². The Labute approximate surface area is 184 Å². The van der Waals surface area contributed by atoms with Crippen LogP contribution in [0.15, 0.2) is 54.7 Å². The lowest BCUT2D eigenvalue weighted by Crippen LogP contribution is -2.28. The SMILES string of the molecule is CCNC(=O)COc1cccc(Nc2ncc(F)c(Nc3ccccc3NN(C)O)n2)c1. The minimum Gasteiger partial charge on any atom is -0.484 e. The van der Waals surface area contributed by atoms with E-state index in [2.05, 4.69) is 31.3 Å². The molecule has 2 aromatic carbocycles. The molecule has 0 fully saturated rings. The summed E-state index contributed by atoms with van der Waals surface area (Å²) >= 11 is 0. The summed E-state index contributed by atoms with van der Waals surface area (Å²) in [6.45, 7) is 2.25. The molecule has 32 heavy (non-hydrogen) atoms. The Morgan fingerprint density at radius 2 is 1.94 bits per heavy atom. The van der Waals surface area contributed by atoms with Crippen LogP contribution >= 0.6 is 0 Å². The second-order valence-corrected chi connectivity index (χ2v) is 6.59. The van der Waals surface area contributed by atoms with Crippen molar-refractivity contribution in [3.8, 4) is 5.75 Å². The summed E-state index contributed by atoms with van der Waals surface area (Å²) in [7, 11) is 1.41. The van der Waals surface area contributed by atoms with Crippen molar-refractivity contribution >= 4 is 34.7 Å². The largest absolute Gasteiger partial charge is 0.484 e. The third-order valence-corrected chi connectivity index (χ3v) is 4.04. The molecule has 0 saturated heterocycles. The molecule has 0 radical (unpaired) electrons. The van der Waals surface area contributed by atoms with E-state index in [0.717, 1.165) is 11.4 Å². The summed E-state index contributed by atoms with van der Waals surface area (Å²) in [6.07, 6.45) is 1.04. The highest BCUT2D eigenvalue weighted by molar-refractivity contribution is 5.77. The predicted molar refractivity (Wildman–Crippen MR) is 119 cm³/mol. The quantitative estimate of drug-likeness (QED) is 0.302. The van der Waals surface area contributed by atoms with Gasteiger partial charge in [0.1, 0.15) is 5.75 Å². The molecule has 1 amide bonds. The van der Waals surface area contributed by atoms with Gasteiger partial charge in [0.25, 0.3) is 5.91 Å². The van der Waals surface area contributed by atoms with Crippen LogP contribution in [-0.4, -0.2) is 46.5 Å². The maximum absolute atomic E-state index is 14.3. The van der Waals surface area contributed by atoms with Crippen LogP contribution in [0.3, 0.4) is 0 Å². The van der Waals surface area contributed by atoms with E-state index in [4.69, 9.17) is 4.74 Å². The number of aromatic nitrogens is 2. The molecule has 0 aliphatic rings. The van der Waals surface area contributed by atoms with Crippen molar-refractivity contribution in [2.45, 2.75) is 6.92 Å². The summed E-state index contributed by atoms with van der Waals surface area (Å²) in [5.74, 6) is -0.289. The van der Waals surface area contributed by atoms with E-state index in [9.17, 15) is 14.4 Å². The van der Waals surface area contributed by atoms with E-state index >= 15 is 0 Å². The minimum absolute atomic E-state index is 0.0546. The first-order valence-electron chi connectivity index (χ1n) is 9.79. The Kier molecular flexibility index (Phi) is 7.73. The van der Waals surface area contributed by atoms with Crippen LogP contribution in [0.1, 0.15) is 6.92 Å². The number of amides is 1. The minimum atomic E-state index is -0.651. The Hall–Kier alpha value is -3.96. The fourth-order valence-electron chi connectivity index (χ4n) is 2.70. The number of anilines is 5. The lowest BCUT2D eigenvalue weighted by atomic mass is 10.2. The number of hydrazine groups is 1. The molecule has 0 saturated carbocycles. The number of hydrogen-bond donors (Lipinski definition) is 5. The molecule has 3 aromatic rings. The standard InChI is InChI=1S/C21H24FN7O3/c1-3-23-19(30)13-32-15-8-6-7-14(11-15)25-21-24-12-16(22)20(27-21)26-17-9-4-5-10-18(17)28-29(2)31/h4-12,28,31H,3,13H2,1-2H3,(H,23,30)(H2,24,25,26,27). The fraction of sp³-hybridized carbons (Fsp3) is 0.190. The average molecular weight is 441 g/mol. The van der Waals surface area contributed by atoms with Crippen molar-refractivity contribution in [2.75, 3.05) is 36.3 Å². The molecule has 0 aliphatic heterocycles. The molecule has 168 valence electrons. The number of likely N-dealkylation sites (N-methyl/N-ethyl adjacent to an activating group) is 1. The van der Waals surface area contributed by atoms with Crippen LogP contribution in [0.25, 0.3) is 0 Å². The first-order chi connectivity index (χ1) is 15.4. The monoisotopic (exact) mass is 441 g/mol. The van der Waals surface area contributed by atoms with Crippen LogP contribution in [0.4, 0.5) is 33.2 Å². The van der Waals surface area contributed by atoms with E-state index in [1.54, 1.807) is 48.5 Å². The van der Waals surface area contributed by atoms with E-state index in [1.807, 2.05) is 6.92 Å². The van der Waals surface area contributed by atoms with E-state index < -0.39 is 5.82 Å². The summed E-state index contributed by atoms with van der Waals surface area (Å²) in [5.41, 5.74) is 4.31. The van der Waals surface area contributed by atoms with Crippen LogP contribution < -0.4 is 26.1 Å². The number of halogens is 1. The first-order valence-corrected chi connectivity index (χ1v) is 9.79. The van der Waals surface area contributed by atoms with Gasteiger partial charge in [0.05, 0.1) is 17.6 Å². The van der Waals surface area contributed by atoms with Crippen LogP contribution in [0.5, 0.6) is 5.75 Å². The Morgan fingerprint density at radius 1 is 1.16 bits per heavy atom. The zero-order valence-corrected chi connectivity index (χ0v) is 17.6. The molecule has 0 spiro atoms. The number of para-hydroxylation sites is 2. The van der Waals surface area contributed by atoms with Gasteiger partial charge in [-0.3, -0.25) is 15.4 Å². The van der Waals surface area contributed by atoms with Crippen molar-refractivity contribution < 1.29 is 19.1 Å². The van der Waals surface area contributed by atoms with Gasteiger partial charge in [-0.05, 0) is 31.2 Å². The number of ether oxygens (including phenoxy) is 1. The topological polar surface area (TPSA) is 124 Å². The van der Waals surface area contributed by atoms with Crippen molar-refractivity contribution in [3.63, 3.8) is 0 Å². The van der Waals surface area contributed by atoms with Crippen LogP contribution in [-0.2, 0) is 4.79 Å². The van der Waals surface area contributed by atoms with E-state index in [-0.39, 0.29) is 24.3 Å². The summed E-state index contributed by atoms with van der Waals surface area (Å²) < 4.78 is 19.8. The highest BCUT2D eigenvalue weighted by atomic mass is 19.1. The van der Waals surface area contributed by atoms with Crippen molar-refractivity contribution in [3.05, 3.63) is 60.5 Å². The number of nitrogens with one attached hydrogen (secondary N) is 4. The van der Waals surface area contributed by atoms with Crippen LogP contribution in [0, 0.1) is 5.82 Å². The van der Waals surface area contributed by atoms with Gasteiger partial charge in [0, 0.05) is 25.3 Å². The summed E-state index contributed by atoms with van der Waals surface area (Å²) in [4.78, 5) is 19.7. The maximum atomic E-state index is 14.3. The predicted octanol–water partition coefficient (Wildman–Crippen LogP) is 3.27. The Balaban J connectivity index is 1.73. The molecule has 1 aromatic heterocycles. The number of benzene rings is 2.